The largest absolute Gasteiger partial charge is 0.366 e. The molecule has 0 unspecified atom stereocenters. The Kier molecular flexibility index (Phi) is 4.00. The molecular weight excluding hydrogens is 283 g/mol. The maximum absolute atomic E-state index is 13.2. The normalized spacial score (nSPS) is 10.1. The quantitative estimate of drug-likeness (QED) is 0.913. The first-order valence-corrected chi connectivity index (χ1v) is 6.01. The fourth-order valence-electron chi connectivity index (χ4n) is 1.64. The van der Waals surface area contributed by atoms with Gasteiger partial charge in [-0.1, -0.05) is 17.7 Å². The average Bonchev–Trinajstić information content (AvgIpc) is 2.37. The number of hydrogen-bond donors (Lipinski definition) is 2. The molecule has 3 N–H and O–H groups in total. The van der Waals surface area contributed by atoms with Gasteiger partial charge in [0.25, 0.3) is 5.91 Å². The van der Waals surface area contributed by atoms with Gasteiger partial charge in [0.2, 0.25) is 5.91 Å². The zero-order chi connectivity index (χ0) is 14.7. The van der Waals surface area contributed by atoms with E-state index in [1.165, 1.54) is 30.3 Å². The topological polar surface area (TPSA) is 72.2 Å². The number of carbonyl (C=O) groups excluding carboxylic acids is 2. The third-order valence-electron chi connectivity index (χ3n) is 2.53. The third-order valence-corrected chi connectivity index (χ3v) is 2.75. The van der Waals surface area contributed by atoms with Crippen molar-refractivity contribution in [1.29, 1.82) is 0 Å². The van der Waals surface area contributed by atoms with Gasteiger partial charge in [-0.05, 0) is 36.4 Å². The van der Waals surface area contributed by atoms with Crippen molar-refractivity contribution in [3.63, 3.8) is 0 Å². The molecule has 102 valence electrons. The van der Waals surface area contributed by atoms with Crippen LogP contribution < -0.4 is 11.1 Å². The minimum atomic E-state index is -0.631. The van der Waals surface area contributed by atoms with Crippen molar-refractivity contribution >= 4 is 29.1 Å². The van der Waals surface area contributed by atoms with Gasteiger partial charge in [0.05, 0.1) is 0 Å². The summed E-state index contributed by atoms with van der Waals surface area (Å²) in [6.45, 7) is 0. The summed E-state index contributed by atoms with van der Waals surface area (Å²) in [5.41, 5.74) is 5.82. The van der Waals surface area contributed by atoms with Crippen molar-refractivity contribution in [2.75, 3.05) is 5.32 Å². The van der Waals surface area contributed by atoms with Gasteiger partial charge < -0.3 is 11.1 Å². The molecule has 0 saturated carbocycles. The van der Waals surface area contributed by atoms with Crippen molar-refractivity contribution in [1.82, 2.24) is 0 Å². The van der Waals surface area contributed by atoms with Gasteiger partial charge in [-0.2, -0.15) is 0 Å². The summed E-state index contributed by atoms with van der Waals surface area (Å²) < 4.78 is 13.2. The molecule has 2 rings (SSSR count). The van der Waals surface area contributed by atoms with E-state index in [1.807, 2.05) is 0 Å². The van der Waals surface area contributed by atoms with E-state index in [0.29, 0.717) is 0 Å². The van der Waals surface area contributed by atoms with Crippen LogP contribution in [0.15, 0.2) is 42.5 Å². The van der Waals surface area contributed by atoms with Crippen LogP contribution in [0.25, 0.3) is 0 Å². The van der Waals surface area contributed by atoms with E-state index in [4.69, 9.17) is 17.3 Å². The number of benzene rings is 2. The Morgan fingerprint density at radius 1 is 1.10 bits per heavy atom. The van der Waals surface area contributed by atoms with Crippen LogP contribution in [0.3, 0.4) is 0 Å². The molecule has 20 heavy (non-hydrogen) atoms. The van der Waals surface area contributed by atoms with Gasteiger partial charge in [-0.3, -0.25) is 9.59 Å². The zero-order valence-corrected chi connectivity index (χ0v) is 10.9. The molecule has 0 bridgehead atoms. The molecule has 2 aromatic rings. The minimum Gasteiger partial charge on any atom is -0.366 e. The Morgan fingerprint density at radius 2 is 1.80 bits per heavy atom. The second kappa shape index (κ2) is 5.71. The molecule has 0 radical (unpaired) electrons. The van der Waals surface area contributed by atoms with Crippen molar-refractivity contribution in [2.24, 2.45) is 5.73 Å². The monoisotopic (exact) mass is 292 g/mol. The molecule has 6 heteroatoms. The van der Waals surface area contributed by atoms with Crippen molar-refractivity contribution < 1.29 is 14.0 Å². The van der Waals surface area contributed by atoms with Gasteiger partial charge in [-0.15, -0.1) is 0 Å². The lowest BCUT2D eigenvalue weighted by Crippen LogP contribution is -2.15. The second-order valence-electron chi connectivity index (χ2n) is 4.06. The molecule has 0 atom stereocenters. The Balaban J connectivity index is 2.23. The summed E-state index contributed by atoms with van der Waals surface area (Å²) in [6, 6.07) is 9.60. The van der Waals surface area contributed by atoms with Crippen LogP contribution in [-0.4, -0.2) is 11.8 Å². The summed E-state index contributed by atoms with van der Waals surface area (Å²) in [5.74, 6) is -1.68. The van der Waals surface area contributed by atoms with Gasteiger partial charge in [0.15, 0.2) is 0 Å². The summed E-state index contributed by atoms with van der Waals surface area (Å²) in [5, 5.41) is 2.66. The number of carbonyl (C=O) groups is 2. The van der Waals surface area contributed by atoms with Crippen molar-refractivity contribution in [3.05, 3.63) is 64.4 Å². The zero-order valence-electron chi connectivity index (χ0n) is 10.2. The van der Waals surface area contributed by atoms with Crippen LogP contribution in [0.4, 0.5) is 10.1 Å². The minimum absolute atomic E-state index is 0.172. The first-order valence-electron chi connectivity index (χ1n) is 5.63. The van der Waals surface area contributed by atoms with Gasteiger partial charge in [-0.25, -0.2) is 4.39 Å². The third kappa shape index (κ3) is 3.33. The maximum Gasteiger partial charge on any atom is 0.255 e. The van der Waals surface area contributed by atoms with E-state index in [2.05, 4.69) is 5.32 Å². The highest BCUT2D eigenvalue weighted by Crippen LogP contribution is 2.19. The molecule has 0 aliphatic carbocycles. The van der Waals surface area contributed by atoms with Gasteiger partial charge in [0.1, 0.15) is 5.82 Å². The second-order valence-corrected chi connectivity index (χ2v) is 4.49. The number of primary amides is 1. The van der Waals surface area contributed by atoms with E-state index in [0.717, 1.165) is 12.1 Å². The lowest BCUT2D eigenvalue weighted by molar-refractivity contribution is 0.1000. The van der Waals surface area contributed by atoms with Crippen molar-refractivity contribution in [2.45, 2.75) is 0 Å². The standard InChI is InChI=1S/C14H10ClFN2O2/c15-10-5-11(16)7-12(6-10)18-14(20)9-3-1-2-8(4-9)13(17)19/h1-7H,(H2,17,19)(H,18,20). The fourth-order valence-corrected chi connectivity index (χ4v) is 1.86. The Labute approximate surface area is 119 Å². The number of anilines is 1. The summed E-state index contributed by atoms with van der Waals surface area (Å²) in [4.78, 5) is 23.0. The molecule has 0 saturated heterocycles. The van der Waals surface area contributed by atoms with Crippen LogP contribution >= 0.6 is 11.6 Å². The highest BCUT2D eigenvalue weighted by molar-refractivity contribution is 6.31. The van der Waals surface area contributed by atoms with E-state index < -0.39 is 17.6 Å². The van der Waals surface area contributed by atoms with Crippen molar-refractivity contribution in [3.8, 4) is 0 Å². The van der Waals surface area contributed by atoms with E-state index in [-0.39, 0.29) is 21.8 Å². The average molecular weight is 293 g/mol. The molecule has 0 fully saturated rings. The molecule has 2 amide bonds. The van der Waals surface area contributed by atoms with E-state index in [9.17, 15) is 14.0 Å². The number of hydrogen-bond acceptors (Lipinski definition) is 2. The van der Waals surface area contributed by atoms with Crippen LogP contribution in [0.5, 0.6) is 0 Å². The highest BCUT2D eigenvalue weighted by Gasteiger charge is 2.09. The molecule has 0 heterocycles. The van der Waals surface area contributed by atoms with E-state index in [1.54, 1.807) is 0 Å². The number of amides is 2. The molecule has 0 spiro atoms. The lowest BCUT2D eigenvalue weighted by Gasteiger charge is -2.06. The number of nitrogens with one attached hydrogen (secondary N) is 1. The molecule has 0 aliphatic rings. The number of nitrogens with two attached hydrogens (primary N) is 1. The smallest absolute Gasteiger partial charge is 0.255 e. The predicted molar refractivity (Wildman–Crippen MR) is 74.3 cm³/mol. The molecular formula is C14H10ClFN2O2. The Hall–Kier alpha value is -2.40. The summed E-state index contributed by atoms with van der Waals surface area (Å²) in [7, 11) is 0. The van der Waals surface area contributed by atoms with Crippen LogP contribution in [0, 0.1) is 5.82 Å². The highest BCUT2D eigenvalue weighted by atomic mass is 35.5. The first-order chi connectivity index (χ1) is 9.45. The summed E-state index contributed by atoms with van der Waals surface area (Å²) >= 11 is 5.69. The van der Waals surface area contributed by atoms with E-state index >= 15 is 0 Å². The first kappa shape index (κ1) is 14.0. The predicted octanol–water partition coefficient (Wildman–Crippen LogP) is 2.83. The molecule has 0 aromatic heterocycles. The number of rotatable bonds is 3. The Morgan fingerprint density at radius 3 is 2.45 bits per heavy atom. The van der Waals surface area contributed by atoms with Crippen LogP contribution in [0.2, 0.25) is 5.02 Å². The summed E-state index contributed by atoms with van der Waals surface area (Å²) in [6.07, 6.45) is 0. The lowest BCUT2D eigenvalue weighted by atomic mass is 10.1. The SMILES string of the molecule is NC(=O)c1cccc(C(=O)Nc2cc(F)cc(Cl)c2)c1. The number of halogens is 2. The maximum atomic E-state index is 13.2. The van der Waals surface area contributed by atoms with Crippen LogP contribution in [-0.2, 0) is 0 Å². The molecule has 4 nitrogen and oxygen atoms in total. The Bertz CT molecular complexity index is 668. The fraction of sp³-hybridized carbons (Fsp3) is 0. The molecule has 2 aromatic carbocycles. The van der Waals surface area contributed by atoms with Crippen LogP contribution in [0.1, 0.15) is 20.7 Å². The van der Waals surface area contributed by atoms with Gasteiger partial charge in [0, 0.05) is 21.8 Å². The van der Waals surface area contributed by atoms with Gasteiger partial charge >= 0.3 is 0 Å². The molecule has 0 aliphatic heterocycles.